The van der Waals surface area contributed by atoms with Gasteiger partial charge in [0.1, 0.15) is 11.5 Å². The summed E-state index contributed by atoms with van der Waals surface area (Å²) in [5.41, 5.74) is -0.851. The lowest BCUT2D eigenvalue weighted by Gasteiger charge is -2.38. The van der Waals surface area contributed by atoms with E-state index < -0.39 is 46.9 Å². The van der Waals surface area contributed by atoms with Gasteiger partial charge < -0.3 is 9.47 Å². The number of rotatable bonds is 4. The molecule has 0 radical (unpaired) electrons. The average Bonchev–Trinajstić information content (AvgIpc) is 2.68. The molecule has 154 valence electrons. The molecule has 1 aliphatic heterocycles. The van der Waals surface area contributed by atoms with Gasteiger partial charge in [-0.15, -0.1) is 11.8 Å². The second-order valence-corrected chi connectivity index (χ2v) is 7.68. The van der Waals surface area contributed by atoms with Gasteiger partial charge >= 0.3 is 17.6 Å². The molecule has 2 heterocycles. The van der Waals surface area contributed by atoms with E-state index in [1.165, 1.54) is 25.3 Å². The van der Waals surface area contributed by atoms with Crippen LogP contribution in [0, 0.1) is 6.92 Å². The van der Waals surface area contributed by atoms with Crippen molar-refractivity contribution in [3.8, 4) is 0 Å². The normalized spacial score (nSPS) is 24.0. The highest BCUT2D eigenvalue weighted by Gasteiger charge is 2.46. The van der Waals surface area contributed by atoms with Crippen LogP contribution in [0.2, 0.25) is 0 Å². The zero-order valence-electron chi connectivity index (χ0n) is 15.7. The van der Waals surface area contributed by atoms with Gasteiger partial charge in [-0.05, 0) is 19.1 Å². The van der Waals surface area contributed by atoms with Crippen LogP contribution in [-0.4, -0.2) is 45.6 Å². The van der Waals surface area contributed by atoms with E-state index in [4.69, 9.17) is 9.47 Å². The predicted molar refractivity (Wildman–Crippen MR) is 104 cm³/mol. The summed E-state index contributed by atoms with van der Waals surface area (Å²) < 4.78 is 26.8. The lowest BCUT2D eigenvalue weighted by Crippen LogP contribution is -2.50. The van der Waals surface area contributed by atoms with Crippen molar-refractivity contribution >= 4 is 23.7 Å². The van der Waals surface area contributed by atoms with E-state index in [0.717, 1.165) is 23.3 Å². The Kier molecular flexibility index (Phi) is 6.21. The monoisotopic (exact) mass is 422 g/mol. The molecule has 1 fully saturated rings. The van der Waals surface area contributed by atoms with E-state index in [0.29, 0.717) is 0 Å². The van der Waals surface area contributed by atoms with E-state index in [-0.39, 0.29) is 16.9 Å². The first-order valence-corrected chi connectivity index (χ1v) is 9.84. The topological polar surface area (TPSA) is 107 Å². The number of thioether (sulfide) groups is 1. The molecule has 0 amide bonds. The number of ether oxygens (including phenoxy) is 2. The van der Waals surface area contributed by atoms with E-state index in [1.807, 2.05) is 0 Å². The summed E-state index contributed by atoms with van der Waals surface area (Å²) in [6.07, 6.45) is -3.13. The lowest BCUT2D eigenvalue weighted by atomic mass is 10.1. The van der Waals surface area contributed by atoms with Crippen LogP contribution < -0.4 is 11.2 Å². The molecular formula is C19H19FN2O6S. The number of nitrogens with zero attached hydrogens (tertiary/aromatic N) is 1. The van der Waals surface area contributed by atoms with Crippen LogP contribution in [-0.2, 0) is 14.3 Å². The van der Waals surface area contributed by atoms with Crippen LogP contribution in [0.15, 0.2) is 46.1 Å². The number of nitrogens with one attached hydrogen (secondary N) is 1. The fourth-order valence-corrected chi connectivity index (χ4v) is 4.32. The second-order valence-electron chi connectivity index (χ2n) is 6.53. The Morgan fingerprint density at radius 3 is 2.55 bits per heavy atom. The Morgan fingerprint density at radius 2 is 1.90 bits per heavy atom. The van der Waals surface area contributed by atoms with Crippen molar-refractivity contribution in [3.05, 3.63) is 68.5 Å². The van der Waals surface area contributed by atoms with Gasteiger partial charge in [0.25, 0.3) is 5.56 Å². The number of hydrogen-bond acceptors (Lipinski definition) is 7. The minimum absolute atomic E-state index is 0.0510. The molecule has 29 heavy (non-hydrogen) atoms. The minimum Gasteiger partial charge on any atom is -0.458 e. The van der Waals surface area contributed by atoms with Crippen LogP contribution in [0.5, 0.6) is 0 Å². The predicted octanol–water partition coefficient (Wildman–Crippen LogP) is 1.59. The molecule has 0 spiro atoms. The number of benzene rings is 1. The van der Waals surface area contributed by atoms with Gasteiger partial charge in [-0.3, -0.25) is 19.1 Å². The first-order valence-electron chi connectivity index (χ1n) is 8.79. The second kappa shape index (κ2) is 8.64. The van der Waals surface area contributed by atoms with Crippen LogP contribution >= 0.6 is 11.8 Å². The maximum absolute atomic E-state index is 15.2. The first-order chi connectivity index (χ1) is 13.8. The highest BCUT2D eigenvalue weighted by atomic mass is 32.2. The molecule has 4 atom stereocenters. The van der Waals surface area contributed by atoms with E-state index in [2.05, 4.69) is 4.98 Å². The summed E-state index contributed by atoms with van der Waals surface area (Å²) in [7, 11) is 0. The maximum Gasteiger partial charge on any atom is 0.338 e. The zero-order chi connectivity index (χ0) is 21.1. The van der Waals surface area contributed by atoms with Crippen molar-refractivity contribution in [2.24, 2.45) is 0 Å². The maximum atomic E-state index is 15.2. The van der Waals surface area contributed by atoms with Crippen molar-refractivity contribution in [3.63, 3.8) is 0 Å². The molecule has 1 aromatic heterocycles. The molecule has 1 saturated heterocycles. The van der Waals surface area contributed by atoms with Crippen LogP contribution in [0.3, 0.4) is 0 Å². The molecule has 8 nitrogen and oxygen atoms in total. The zero-order valence-corrected chi connectivity index (χ0v) is 16.5. The Hall–Kier alpha value is -2.88. The minimum atomic E-state index is -1.86. The van der Waals surface area contributed by atoms with Gasteiger partial charge in [-0.2, -0.15) is 0 Å². The highest BCUT2D eigenvalue weighted by molar-refractivity contribution is 7.99. The number of hydrogen-bond donors (Lipinski definition) is 1. The van der Waals surface area contributed by atoms with Gasteiger partial charge in [0.15, 0.2) is 12.3 Å². The van der Waals surface area contributed by atoms with Crippen molar-refractivity contribution in [2.75, 3.05) is 5.75 Å². The summed E-state index contributed by atoms with van der Waals surface area (Å²) in [6.45, 7) is 2.66. The van der Waals surface area contributed by atoms with E-state index in [1.54, 1.807) is 18.2 Å². The summed E-state index contributed by atoms with van der Waals surface area (Å²) in [4.78, 5) is 49.9. The van der Waals surface area contributed by atoms with Gasteiger partial charge in [0.05, 0.1) is 5.56 Å². The molecule has 0 saturated carbocycles. The third kappa shape index (κ3) is 4.58. The Labute approximate surface area is 169 Å². The van der Waals surface area contributed by atoms with Gasteiger partial charge in [0, 0.05) is 24.4 Å². The number of halogens is 1. The Bertz CT molecular complexity index is 1020. The van der Waals surface area contributed by atoms with Crippen LogP contribution in [0.4, 0.5) is 4.39 Å². The highest BCUT2D eigenvalue weighted by Crippen LogP contribution is 2.39. The van der Waals surface area contributed by atoms with Gasteiger partial charge in [0.2, 0.25) is 0 Å². The fraction of sp³-hybridized carbons (Fsp3) is 0.368. The van der Waals surface area contributed by atoms with Crippen molar-refractivity contribution in [1.82, 2.24) is 9.55 Å². The van der Waals surface area contributed by atoms with E-state index >= 15 is 4.39 Å². The number of esters is 2. The average molecular weight is 422 g/mol. The fourth-order valence-electron chi connectivity index (χ4n) is 2.96. The molecule has 0 bridgehead atoms. The molecular weight excluding hydrogens is 403 g/mol. The number of aryl methyl sites for hydroxylation is 1. The number of carbonyl (C=O) groups is 2. The Morgan fingerprint density at radius 1 is 1.21 bits per heavy atom. The van der Waals surface area contributed by atoms with Crippen LogP contribution in [0.25, 0.3) is 0 Å². The summed E-state index contributed by atoms with van der Waals surface area (Å²) in [5, 5.41) is -0.951. The van der Waals surface area contributed by atoms with Crippen molar-refractivity contribution in [1.29, 1.82) is 0 Å². The molecule has 2 aromatic rings. The standard InChI is InChI=1S/C19H19FN2O6S/c1-10-8-22(19(26)21-16(10)24)17-15(14(20)13(9-29-17)27-11(2)23)28-18(25)12-6-4-3-5-7-12/h3-8,13-15,17H,9H2,1-2H3,(H,21,24,26)/t13-,14+,15-,17-/m1/s1. The largest absolute Gasteiger partial charge is 0.458 e. The first kappa shape index (κ1) is 20.8. The molecule has 3 rings (SSSR count). The molecule has 1 N–H and O–H groups in total. The lowest BCUT2D eigenvalue weighted by molar-refractivity contribution is -0.151. The smallest absolute Gasteiger partial charge is 0.338 e. The van der Waals surface area contributed by atoms with Crippen molar-refractivity contribution in [2.45, 2.75) is 37.6 Å². The van der Waals surface area contributed by atoms with Gasteiger partial charge in [-0.25, -0.2) is 14.0 Å². The van der Waals surface area contributed by atoms with Gasteiger partial charge in [-0.1, -0.05) is 18.2 Å². The SMILES string of the molecule is CC(=O)O[C@@H]1CS[C@@H](n2cc(C)c(=O)[nH]c2=O)[C@H](OC(=O)c2ccccc2)[C@H]1F. The molecule has 1 aromatic carbocycles. The van der Waals surface area contributed by atoms with E-state index in [9.17, 15) is 19.2 Å². The Balaban J connectivity index is 1.96. The third-order valence-electron chi connectivity index (χ3n) is 4.37. The van der Waals surface area contributed by atoms with Crippen LogP contribution in [0.1, 0.15) is 28.2 Å². The summed E-state index contributed by atoms with van der Waals surface area (Å²) in [6, 6.07) is 8.01. The third-order valence-corrected chi connectivity index (χ3v) is 5.73. The molecule has 10 heteroatoms. The molecule has 1 aliphatic rings. The summed E-state index contributed by atoms with van der Waals surface area (Å²) in [5.74, 6) is -1.39. The number of carbonyl (C=O) groups excluding carboxylic acids is 2. The summed E-state index contributed by atoms with van der Waals surface area (Å²) >= 11 is 1.09. The quantitative estimate of drug-likeness (QED) is 0.746. The number of alkyl halides is 1. The number of aromatic amines is 1. The van der Waals surface area contributed by atoms with Crippen molar-refractivity contribution < 1.29 is 23.5 Å². The molecule has 0 aliphatic carbocycles. The molecule has 0 unspecified atom stereocenters. The number of aromatic nitrogens is 2. The number of H-pyrrole nitrogens is 1.